The molecule has 0 unspecified atom stereocenters. The van der Waals surface area contributed by atoms with Crippen molar-refractivity contribution in [1.29, 1.82) is 5.26 Å². The molecule has 0 aliphatic carbocycles. The number of carbonyl (C=O) groups is 1. The second-order valence-electron chi connectivity index (χ2n) is 6.38. The minimum atomic E-state index is -0.515. The Bertz CT molecular complexity index is 1120. The van der Waals surface area contributed by atoms with Crippen LogP contribution in [0.25, 0.3) is 10.9 Å². The highest BCUT2D eigenvalue weighted by Gasteiger charge is 2.19. The van der Waals surface area contributed by atoms with Crippen LogP contribution in [0.2, 0.25) is 0 Å². The van der Waals surface area contributed by atoms with Crippen molar-refractivity contribution in [3.63, 3.8) is 0 Å². The van der Waals surface area contributed by atoms with Crippen molar-refractivity contribution in [2.45, 2.75) is 30.3 Å². The van der Waals surface area contributed by atoms with E-state index >= 15 is 0 Å². The van der Waals surface area contributed by atoms with Gasteiger partial charge in [0.15, 0.2) is 5.16 Å². The fourth-order valence-electron chi connectivity index (χ4n) is 2.75. The molecule has 0 aliphatic rings. The van der Waals surface area contributed by atoms with Crippen molar-refractivity contribution in [3.05, 3.63) is 64.4 Å². The first-order valence-electron chi connectivity index (χ1n) is 9.11. The average molecular weight is 408 g/mol. The molecule has 3 rings (SSSR count). The number of carbonyl (C=O) groups excluding carboxylic acids is 1. The predicted octanol–water partition coefficient (Wildman–Crippen LogP) is 2.77. The van der Waals surface area contributed by atoms with Gasteiger partial charge in [-0.3, -0.25) is 14.2 Å². The molecule has 148 valence electrons. The summed E-state index contributed by atoms with van der Waals surface area (Å²) in [5.41, 5.74) is 1.48. The fourth-order valence-corrected chi connectivity index (χ4v) is 3.68. The number of hydrogen-bond donors (Lipinski definition) is 2. The Balaban J connectivity index is 1.84. The lowest BCUT2D eigenvalue weighted by Gasteiger charge is -2.16. The monoisotopic (exact) mass is 408 g/mol. The third kappa shape index (κ3) is 4.83. The molecule has 0 bridgehead atoms. The summed E-state index contributed by atoms with van der Waals surface area (Å²) >= 11 is 1.19. The van der Waals surface area contributed by atoms with Crippen molar-refractivity contribution in [2.75, 3.05) is 11.9 Å². The zero-order valence-corrected chi connectivity index (χ0v) is 16.6. The predicted molar refractivity (Wildman–Crippen MR) is 113 cm³/mol. The molecule has 2 aromatic carbocycles. The fraction of sp³-hybridized carbons (Fsp3) is 0.238. The van der Waals surface area contributed by atoms with Crippen LogP contribution in [0.15, 0.2) is 58.5 Å². The van der Waals surface area contributed by atoms with Gasteiger partial charge in [0.05, 0.1) is 27.8 Å². The number of benzene rings is 2. The Morgan fingerprint density at radius 1 is 1.28 bits per heavy atom. The van der Waals surface area contributed by atoms with Gasteiger partial charge in [-0.15, -0.1) is 0 Å². The van der Waals surface area contributed by atoms with Crippen molar-refractivity contribution in [2.24, 2.45) is 0 Å². The van der Waals surface area contributed by atoms with Crippen LogP contribution < -0.4 is 10.9 Å². The van der Waals surface area contributed by atoms with E-state index in [2.05, 4.69) is 10.3 Å². The van der Waals surface area contributed by atoms with E-state index in [4.69, 9.17) is 10.4 Å². The first-order valence-corrected chi connectivity index (χ1v) is 9.99. The summed E-state index contributed by atoms with van der Waals surface area (Å²) in [7, 11) is 0. The van der Waals surface area contributed by atoms with Gasteiger partial charge in [0.2, 0.25) is 5.91 Å². The first-order chi connectivity index (χ1) is 14.0. The van der Waals surface area contributed by atoms with E-state index in [-0.39, 0.29) is 18.1 Å². The smallest absolute Gasteiger partial charge is 0.262 e. The van der Waals surface area contributed by atoms with Crippen molar-refractivity contribution < 1.29 is 9.90 Å². The number of amides is 1. The quantitative estimate of drug-likeness (QED) is 0.460. The summed E-state index contributed by atoms with van der Waals surface area (Å²) in [6.07, 6.45) is 0.416. The van der Waals surface area contributed by atoms with Crippen LogP contribution in [0, 0.1) is 11.3 Å². The molecular formula is C21H20N4O3S. The number of aliphatic hydroxyl groups excluding tert-OH is 1. The van der Waals surface area contributed by atoms with Crippen molar-refractivity contribution in [3.8, 4) is 6.07 Å². The molecule has 1 heterocycles. The van der Waals surface area contributed by atoms with Crippen LogP contribution in [0.3, 0.4) is 0 Å². The molecule has 1 aromatic heterocycles. The minimum absolute atomic E-state index is 0.0435. The number of para-hydroxylation sites is 1. The maximum atomic E-state index is 12.9. The largest absolute Gasteiger partial charge is 0.396 e. The lowest BCUT2D eigenvalue weighted by molar-refractivity contribution is -0.115. The number of hydrogen-bond acceptors (Lipinski definition) is 6. The van der Waals surface area contributed by atoms with Crippen molar-refractivity contribution >= 4 is 34.3 Å². The highest BCUT2D eigenvalue weighted by atomic mass is 32.2. The summed E-state index contributed by atoms with van der Waals surface area (Å²) in [5.74, 6) is -0.240. The third-order valence-corrected chi connectivity index (χ3v) is 5.39. The Hall–Kier alpha value is -3.15. The Labute approximate surface area is 172 Å². The van der Waals surface area contributed by atoms with E-state index in [9.17, 15) is 9.59 Å². The highest BCUT2D eigenvalue weighted by Crippen LogP contribution is 2.24. The maximum Gasteiger partial charge on any atom is 0.262 e. The lowest BCUT2D eigenvalue weighted by Crippen LogP contribution is -2.27. The van der Waals surface area contributed by atoms with Crippen LogP contribution >= 0.6 is 11.8 Å². The topological polar surface area (TPSA) is 108 Å². The number of aromatic nitrogens is 2. The zero-order chi connectivity index (χ0) is 20.8. The SMILES string of the molecule is C[C@H](Sc1nc2ccccc2c(=O)n1CCCO)C(=O)Nc1ccc(C#N)cc1. The summed E-state index contributed by atoms with van der Waals surface area (Å²) in [6.45, 7) is 2.01. The molecule has 0 radical (unpaired) electrons. The van der Waals surface area contributed by atoms with Gasteiger partial charge >= 0.3 is 0 Å². The molecular weight excluding hydrogens is 388 g/mol. The molecule has 1 amide bonds. The van der Waals surface area contributed by atoms with Crippen LogP contribution in [0.5, 0.6) is 0 Å². The van der Waals surface area contributed by atoms with Crippen LogP contribution in [0.4, 0.5) is 5.69 Å². The van der Waals surface area contributed by atoms with Crippen LogP contribution in [-0.2, 0) is 11.3 Å². The van der Waals surface area contributed by atoms with Gasteiger partial charge in [-0.25, -0.2) is 4.98 Å². The molecule has 0 spiro atoms. The van der Waals surface area contributed by atoms with E-state index in [0.717, 1.165) is 0 Å². The third-order valence-electron chi connectivity index (χ3n) is 4.30. The summed E-state index contributed by atoms with van der Waals surface area (Å²) in [5, 5.41) is 21.3. The summed E-state index contributed by atoms with van der Waals surface area (Å²) in [6, 6.07) is 15.7. The van der Waals surface area contributed by atoms with Gasteiger partial charge in [-0.2, -0.15) is 5.26 Å². The maximum absolute atomic E-state index is 12.9. The molecule has 7 nitrogen and oxygen atoms in total. The normalized spacial score (nSPS) is 11.8. The van der Waals surface area contributed by atoms with E-state index in [1.165, 1.54) is 16.3 Å². The van der Waals surface area contributed by atoms with Crippen LogP contribution in [0.1, 0.15) is 18.9 Å². The second-order valence-corrected chi connectivity index (χ2v) is 7.69. The summed E-state index contributed by atoms with van der Waals surface area (Å²) in [4.78, 5) is 30.0. The lowest BCUT2D eigenvalue weighted by atomic mass is 10.2. The number of nitrogens with zero attached hydrogens (tertiary/aromatic N) is 3. The summed E-state index contributed by atoms with van der Waals surface area (Å²) < 4.78 is 1.51. The number of nitrogens with one attached hydrogen (secondary N) is 1. The second kappa shape index (κ2) is 9.37. The van der Waals surface area contributed by atoms with Gasteiger partial charge in [0, 0.05) is 18.8 Å². The molecule has 1 atom stereocenters. The molecule has 0 fully saturated rings. The van der Waals surface area contributed by atoms with Gasteiger partial charge in [0.1, 0.15) is 0 Å². The number of rotatable bonds is 7. The van der Waals surface area contributed by atoms with E-state index in [0.29, 0.717) is 40.3 Å². The molecule has 0 aliphatic heterocycles. The molecule has 0 saturated heterocycles. The van der Waals surface area contributed by atoms with Gasteiger partial charge in [-0.05, 0) is 49.7 Å². The first kappa shape index (κ1) is 20.6. The van der Waals surface area contributed by atoms with E-state index in [1.807, 2.05) is 12.1 Å². The van der Waals surface area contributed by atoms with E-state index < -0.39 is 5.25 Å². The van der Waals surface area contributed by atoms with Crippen molar-refractivity contribution in [1.82, 2.24) is 9.55 Å². The Morgan fingerprint density at radius 2 is 2.00 bits per heavy atom. The number of thioether (sulfide) groups is 1. The van der Waals surface area contributed by atoms with Crippen LogP contribution in [-0.4, -0.2) is 32.4 Å². The standard InChI is InChI=1S/C21H20N4O3S/c1-14(19(27)23-16-9-7-15(13-22)8-10-16)29-21-24-18-6-3-2-5-17(18)20(28)25(21)11-4-12-26/h2-3,5-10,14,26H,4,11-12H2,1H3,(H,23,27)/t14-/m0/s1. The number of nitriles is 1. The molecule has 2 N–H and O–H groups in total. The zero-order valence-electron chi connectivity index (χ0n) is 15.8. The minimum Gasteiger partial charge on any atom is -0.396 e. The van der Waals surface area contributed by atoms with Gasteiger partial charge in [0.25, 0.3) is 5.56 Å². The number of anilines is 1. The molecule has 8 heteroatoms. The molecule has 0 saturated carbocycles. The molecule has 29 heavy (non-hydrogen) atoms. The average Bonchev–Trinajstić information content (AvgIpc) is 2.74. The number of fused-ring (bicyclic) bond motifs is 1. The van der Waals surface area contributed by atoms with E-state index in [1.54, 1.807) is 49.4 Å². The van der Waals surface area contributed by atoms with Gasteiger partial charge in [-0.1, -0.05) is 23.9 Å². The highest BCUT2D eigenvalue weighted by molar-refractivity contribution is 8.00. The molecule has 3 aromatic rings. The Kier molecular flexibility index (Phi) is 6.65. The van der Waals surface area contributed by atoms with Gasteiger partial charge < -0.3 is 10.4 Å². The number of aliphatic hydroxyl groups is 1. The Morgan fingerprint density at radius 3 is 2.69 bits per heavy atom.